The van der Waals surface area contributed by atoms with Crippen molar-refractivity contribution < 1.29 is 0 Å². The molecule has 0 spiro atoms. The molecule has 3 aromatic heterocycles. The van der Waals surface area contributed by atoms with Crippen LogP contribution in [-0.4, -0.2) is 24.5 Å². The van der Waals surface area contributed by atoms with Crippen LogP contribution in [0, 0.1) is 0 Å². The molecule has 552 valence electrons. The molecule has 21 aromatic rings. The second-order valence-electron chi connectivity index (χ2n) is 32.4. The van der Waals surface area contributed by atoms with Crippen LogP contribution in [0.4, 0.5) is 0 Å². The highest BCUT2D eigenvalue weighted by molar-refractivity contribution is 9.10. The van der Waals surface area contributed by atoms with Crippen molar-refractivity contribution in [3.05, 3.63) is 414 Å². The Balaban J connectivity index is 0.000000118. The summed E-state index contributed by atoms with van der Waals surface area (Å²) in [5, 5.41) is 18.2. The summed E-state index contributed by atoms with van der Waals surface area (Å²) in [5.74, 6) is 1.42. The molecule has 0 aliphatic heterocycles. The summed E-state index contributed by atoms with van der Waals surface area (Å²) in [6.07, 6.45) is 1.02. The van der Waals surface area contributed by atoms with Crippen molar-refractivity contribution >= 4 is 102 Å². The van der Waals surface area contributed by atoms with Crippen LogP contribution in [0.1, 0.15) is 61.1 Å². The van der Waals surface area contributed by atoms with Gasteiger partial charge in [-0.25, -0.2) is 19.9 Å². The maximum Gasteiger partial charge on any atom is 0.160 e. The summed E-state index contributed by atoms with van der Waals surface area (Å²) in [6, 6.07) is 135. The Kier molecular flexibility index (Phi) is 16.4. The van der Waals surface area contributed by atoms with Gasteiger partial charge in [0.05, 0.1) is 33.8 Å². The molecule has 3 heterocycles. The smallest absolute Gasteiger partial charge is 0.160 e. The summed E-state index contributed by atoms with van der Waals surface area (Å²) in [7, 11) is 0. The molecule has 0 atom stereocenters. The van der Waals surface area contributed by atoms with E-state index in [1.165, 1.54) is 153 Å². The number of nitrogens with zero attached hydrogens (tertiary/aromatic N) is 5. The third-order valence-corrected chi connectivity index (χ3v) is 25.4. The molecule has 117 heavy (non-hydrogen) atoms. The Morgan fingerprint density at radius 2 is 0.564 bits per heavy atom. The van der Waals surface area contributed by atoms with E-state index in [0.29, 0.717) is 5.82 Å². The molecule has 0 amide bonds. The lowest BCUT2D eigenvalue weighted by Crippen LogP contribution is -2.15. The van der Waals surface area contributed by atoms with Crippen molar-refractivity contribution in [2.45, 2.75) is 44.9 Å². The fraction of sp³-hybridized carbons (Fsp3) is 0.0631. The lowest BCUT2D eigenvalue weighted by atomic mass is 9.81. The Labute approximate surface area is 687 Å². The number of hydrogen-bond donors (Lipinski definition) is 0. The summed E-state index contributed by atoms with van der Waals surface area (Å²) in [5.41, 5.74) is 30.1. The largest absolute Gasteiger partial charge is 0.309 e. The number of rotatable bonds is 7. The third-order valence-electron chi connectivity index (χ3n) is 25.0. The average molecular weight is 1560 g/mol. The highest BCUT2D eigenvalue weighted by Crippen LogP contribution is 2.55. The molecule has 5 nitrogen and oxygen atoms in total. The van der Waals surface area contributed by atoms with E-state index in [2.05, 4.69) is 345 Å². The average Bonchev–Trinajstić information content (AvgIpc) is 1.58. The van der Waals surface area contributed by atoms with Crippen LogP contribution < -0.4 is 0 Å². The van der Waals surface area contributed by atoms with Gasteiger partial charge < -0.3 is 4.57 Å². The molecule has 0 saturated heterocycles. The Morgan fingerprint density at radius 1 is 0.231 bits per heavy atom. The molecule has 3 aliphatic rings. The number of benzene rings is 18. The molecule has 0 fully saturated rings. The van der Waals surface area contributed by atoms with Gasteiger partial charge in [-0.1, -0.05) is 341 Å². The minimum Gasteiger partial charge on any atom is -0.309 e. The molecule has 3 aliphatic carbocycles. The summed E-state index contributed by atoms with van der Waals surface area (Å²) < 4.78 is 3.50. The van der Waals surface area contributed by atoms with Gasteiger partial charge in [0, 0.05) is 65.1 Å². The van der Waals surface area contributed by atoms with Crippen LogP contribution >= 0.6 is 15.9 Å². The van der Waals surface area contributed by atoms with Crippen LogP contribution in [0.3, 0.4) is 0 Å². The second kappa shape index (κ2) is 27.6. The fourth-order valence-electron chi connectivity index (χ4n) is 19.3. The van der Waals surface area contributed by atoms with E-state index in [1.54, 1.807) is 0 Å². The lowest BCUT2D eigenvalue weighted by molar-refractivity contribution is 0.659. The summed E-state index contributed by atoms with van der Waals surface area (Å²) >= 11 is 3.53. The normalized spacial score (nSPS) is 13.1. The molecule has 6 heteroatoms. The quantitative estimate of drug-likeness (QED) is 0.149. The summed E-state index contributed by atoms with van der Waals surface area (Å²) in [6.45, 7) is 9.48. The molecule has 18 aromatic carbocycles. The van der Waals surface area contributed by atoms with E-state index in [9.17, 15) is 0 Å². The highest BCUT2D eigenvalue weighted by atomic mass is 79.9. The van der Waals surface area contributed by atoms with Gasteiger partial charge in [0.1, 0.15) is 0 Å². The highest BCUT2D eigenvalue weighted by Gasteiger charge is 2.39. The van der Waals surface area contributed by atoms with Crippen molar-refractivity contribution in [3.63, 3.8) is 0 Å². The molecule has 0 radical (unpaired) electrons. The first kappa shape index (κ1) is 69.7. The SMILES string of the molecule is Brc1cccc(-c2nc(-c3ccccc3)cc(-c3ccccc3)n2)c1.CC1(C)c2ccccc2-c2cc3c(cc21)Cc1cc2c4ccccc4c4ccccc4c2cc1-3.CC1(C)c2ccccc2-c2cc3c4cc5c6ccccc6c6ccccc6c5cc4n(-c4cccc(-c5nc(-c6ccccc6)cc(-c6ccccc6)n5)c4)c3cc21. The van der Waals surface area contributed by atoms with E-state index in [4.69, 9.17) is 19.9 Å². The van der Waals surface area contributed by atoms with Crippen LogP contribution in [-0.2, 0) is 17.3 Å². The van der Waals surface area contributed by atoms with Gasteiger partial charge in [0.2, 0.25) is 0 Å². The van der Waals surface area contributed by atoms with Crippen molar-refractivity contribution in [1.29, 1.82) is 0 Å². The van der Waals surface area contributed by atoms with Crippen LogP contribution in [0.2, 0.25) is 0 Å². The molecule has 24 rings (SSSR count). The Bertz CT molecular complexity index is 7540. The molecule has 0 bridgehead atoms. The number of hydrogen-bond acceptors (Lipinski definition) is 4. The second-order valence-corrected chi connectivity index (χ2v) is 33.3. The third kappa shape index (κ3) is 11.6. The number of aromatic nitrogens is 5. The van der Waals surface area contributed by atoms with Crippen molar-refractivity contribution in [2.75, 3.05) is 0 Å². The number of fused-ring (bicyclic) bond motifs is 24. The van der Waals surface area contributed by atoms with Crippen LogP contribution in [0.25, 0.3) is 193 Å². The first-order valence-corrected chi connectivity index (χ1v) is 41.2. The van der Waals surface area contributed by atoms with Crippen LogP contribution in [0.5, 0.6) is 0 Å². The number of halogens is 1. The predicted octanol–water partition coefficient (Wildman–Crippen LogP) is 29.6. The van der Waals surface area contributed by atoms with Gasteiger partial charge >= 0.3 is 0 Å². The monoisotopic (exact) mass is 1560 g/mol. The molecular weight excluding hydrogens is 1480 g/mol. The van der Waals surface area contributed by atoms with E-state index in [0.717, 1.165) is 78.6 Å². The molecule has 0 N–H and O–H groups in total. The van der Waals surface area contributed by atoms with Crippen molar-refractivity contribution in [3.8, 4) is 107 Å². The van der Waals surface area contributed by atoms with Crippen LogP contribution in [0.15, 0.2) is 381 Å². The predicted molar refractivity (Wildman–Crippen MR) is 494 cm³/mol. The maximum atomic E-state index is 5.22. The first-order valence-electron chi connectivity index (χ1n) is 40.4. The van der Waals surface area contributed by atoms with Gasteiger partial charge in [-0.2, -0.15) is 0 Å². The van der Waals surface area contributed by atoms with E-state index >= 15 is 0 Å². The minimum absolute atomic E-state index is 0.0485. The van der Waals surface area contributed by atoms with E-state index < -0.39 is 0 Å². The molecular formula is C111H76BrN5. The van der Waals surface area contributed by atoms with Crippen molar-refractivity contribution in [2.24, 2.45) is 0 Å². The van der Waals surface area contributed by atoms with E-state index in [-0.39, 0.29) is 10.8 Å². The standard InChI is InChI=1S/C55H37N3.C34H24.C22H15BrN2/c1-55(2)48-27-14-13-26-42(48)45-30-47-46-29-43-40-24-11-9-22-38(40)39-23-10-12-25-41(39)44(43)31-52(46)58(53(47)32-49(45)55)37-21-15-20-36(28-37)54-56-50(34-16-5-3-6-17-34)33-51(57-54)35-18-7-4-8-19-35;1-34(2)32-14-8-7-13-26(32)31-19-28-21(17-33(31)34)15-20-16-29-24-11-5-3-9-22(24)23-10-4-6-12-25(23)30(29)18-27(20)28;23-19-13-7-12-18(14-19)22-24-20(16-8-3-1-4-9-16)15-21(25-22)17-10-5-2-6-11-17/h3-33H,1-2H3;3-14,16-19H,15H2,1-2H3;1-15H. The fourth-order valence-corrected chi connectivity index (χ4v) is 19.7. The zero-order valence-corrected chi connectivity index (χ0v) is 66.7. The lowest BCUT2D eigenvalue weighted by Gasteiger charge is -2.22. The Morgan fingerprint density at radius 3 is 1.03 bits per heavy atom. The minimum atomic E-state index is -0.139. The molecule has 0 saturated carbocycles. The van der Waals surface area contributed by atoms with E-state index in [1.807, 2.05) is 78.9 Å². The zero-order valence-electron chi connectivity index (χ0n) is 65.1. The van der Waals surface area contributed by atoms with Gasteiger partial charge in [0.25, 0.3) is 0 Å². The van der Waals surface area contributed by atoms with Gasteiger partial charge in [-0.3, -0.25) is 0 Å². The summed E-state index contributed by atoms with van der Waals surface area (Å²) in [4.78, 5) is 20.1. The zero-order chi connectivity index (χ0) is 78.2. The van der Waals surface area contributed by atoms with Crippen molar-refractivity contribution in [1.82, 2.24) is 24.5 Å². The van der Waals surface area contributed by atoms with Gasteiger partial charge in [0.15, 0.2) is 11.6 Å². The van der Waals surface area contributed by atoms with Gasteiger partial charge in [-0.15, -0.1) is 0 Å². The topological polar surface area (TPSA) is 56.5 Å². The van der Waals surface area contributed by atoms with Gasteiger partial charge in [-0.05, 0) is 217 Å². The maximum absolute atomic E-state index is 5.22. The Hall–Kier alpha value is -14.0. The first-order chi connectivity index (χ1) is 57.4. The molecule has 0 unspecified atom stereocenters.